The van der Waals surface area contributed by atoms with Crippen LogP contribution in [0.2, 0.25) is 0 Å². The van der Waals surface area contributed by atoms with Gasteiger partial charge in [-0.2, -0.15) is 0 Å². The average Bonchev–Trinajstić information content (AvgIpc) is 2.59. The molecule has 0 aliphatic carbocycles. The summed E-state index contributed by atoms with van der Waals surface area (Å²) < 4.78 is 1.10. The van der Waals surface area contributed by atoms with Gasteiger partial charge in [-0.3, -0.25) is 9.69 Å². The average molecular weight is 387 g/mol. The first kappa shape index (κ1) is 17.2. The van der Waals surface area contributed by atoms with Crippen molar-refractivity contribution in [3.8, 4) is 0 Å². The minimum absolute atomic E-state index is 0.0653. The molecule has 3 rings (SSSR count). The molecule has 24 heavy (non-hydrogen) atoms. The van der Waals surface area contributed by atoms with Crippen LogP contribution in [0.3, 0.4) is 0 Å². The molecule has 4 heteroatoms. The fourth-order valence-electron chi connectivity index (χ4n) is 3.14. The van der Waals surface area contributed by atoms with Crippen molar-refractivity contribution in [1.29, 1.82) is 0 Å². The normalized spacial score (nSPS) is 18.3. The minimum Gasteiger partial charge on any atom is -0.326 e. The second-order valence-corrected chi connectivity index (χ2v) is 7.47. The lowest BCUT2D eigenvalue weighted by molar-refractivity contribution is -0.121. The standard InChI is InChI=1S/C20H23BrN2O/c1-15-4-10-19(11-5-15)22-20(24)17-3-2-12-23(14-17)13-16-6-8-18(21)9-7-16/h4-11,17H,2-3,12-14H2,1H3,(H,22,24). The Morgan fingerprint density at radius 2 is 1.88 bits per heavy atom. The first-order valence-electron chi connectivity index (χ1n) is 8.44. The molecule has 1 amide bonds. The summed E-state index contributed by atoms with van der Waals surface area (Å²) in [4.78, 5) is 14.9. The van der Waals surface area contributed by atoms with E-state index in [2.05, 4.69) is 50.4 Å². The molecule has 0 aromatic heterocycles. The van der Waals surface area contributed by atoms with Crippen LogP contribution in [0.15, 0.2) is 53.0 Å². The number of likely N-dealkylation sites (tertiary alicyclic amines) is 1. The van der Waals surface area contributed by atoms with E-state index >= 15 is 0 Å². The lowest BCUT2D eigenvalue weighted by atomic mass is 9.96. The van der Waals surface area contributed by atoms with E-state index in [1.165, 1.54) is 11.1 Å². The number of halogens is 1. The summed E-state index contributed by atoms with van der Waals surface area (Å²) in [5, 5.41) is 3.06. The number of nitrogens with one attached hydrogen (secondary N) is 1. The summed E-state index contributed by atoms with van der Waals surface area (Å²) in [5.41, 5.74) is 3.37. The van der Waals surface area contributed by atoms with Gasteiger partial charge in [0.05, 0.1) is 5.92 Å². The second-order valence-electron chi connectivity index (χ2n) is 6.56. The van der Waals surface area contributed by atoms with E-state index in [0.29, 0.717) is 0 Å². The van der Waals surface area contributed by atoms with Crippen LogP contribution in [0.1, 0.15) is 24.0 Å². The highest BCUT2D eigenvalue weighted by Gasteiger charge is 2.25. The predicted molar refractivity (Wildman–Crippen MR) is 102 cm³/mol. The summed E-state index contributed by atoms with van der Waals surface area (Å²) in [6.07, 6.45) is 2.04. The largest absolute Gasteiger partial charge is 0.326 e. The number of benzene rings is 2. The molecule has 1 aliphatic rings. The first-order valence-corrected chi connectivity index (χ1v) is 9.24. The summed E-state index contributed by atoms with van der Waals surface area (Å²) in [6.45, 7) is 4.84. The molecular formula is C20H23BrN2O. The molecule has 2 aromatic rings. The SMILES string of the molecule is Cc1ccc(NC(=O)C2CCCN(Cc3ccc(Br)cc3)C2)cc1. The second kappa shape index (κ2) is 7.95. The maximum absolute atomic E-state index is 12.6. The Labute approximate surface area is 152 Å². The number of carbonyl (C=O) groups excluding carboxylic acids is 1. The summed E-state index contributed by atoms with van der Waals surface area (Å²) in [7, 11) is 0. The van der Waals surface area contributed by atoms with Crippen molar-refractivity contribution in [3.63, 3.8) is 0 Å². The molecule has 0 radical (unpaired) electrons. The van der Waals surface area contributed by atoms with Crippen LogP contribution >= 0.6 is 15.9 Å². The van der Waals surface area contributed by atoms with Gasteiger partial charge >= 0.3 is 0 Å². The van der Waals surface area contributed by atoms with E-state index in [4.69, 9.17) is 0 Å². The Morgan fingerprint density at radius 3 is 2.58 bits per heavy atom. The molecule has 1 atom stereocenters. The molecule has 3 nitrogen and oxygen atoms in total. The number of hydrogen-bond acceptors (Lipinski definition) is 2. The molecule has 0 saturated carbocycles. The third kappa shape index (κ3) is 4.68. The molecule has 1 fully saturated rings. The number of anilines is 1. The van der Waals surface area contributed by atoms with Gasteiger partial charge in [-0.25, -0.2) is 0 Å². The molecule has 1 heterocycles. The van der Waals surface area contributed by atoms with E-state index in [-0.39, 0.29) is 11.8 Å². The zero-order valence-corrected chi connectivity index (χ0v) is 15.6. The Balaban J connectivity index is 1.57. The monoisotopic (exact) mass is 386 g/mol. The van der Waals surface area contributed by atoms with Gasteiger partial charge in [0.15, 0.2) is 0 Å². The van der Waals surface area contributed by atoms with E-state index in [9.17, 15) is 4.79 Å². The van der Waals surface area contributed by atoms with Crippen molar-refractivity contribution < 1.29 is 4.79 Å². The van der Waals surface area contributed by atoms with Crippen molar-refractivity contribution in [2.75, 3.05) is 18.4 Å². The fourth-order valence-corrected chi connectivity index (χ4v) is 3.41. The van der Waals surface area contributed by atoms with Crippen molar-refractivity contribution >= 4 is 27.5 Å². The molecule has 1 N–H and O–H groups in total. The van der Waals surface area contributed by atoms with Crippen LogP contribution in [0, 0.1) is 12.8 Å². The maximum atomic E-state index is 12.6. The van der Waals surface area contributed by atoms with Crippen molar-refractivity contribution in [3.05, 3.63) is 64.1 Å². The predicted octanol–water partition coefficient (Wildman–Crippen LogP) is 4.61. The van der Waals surface area contributed by atoms with E-state index in [1.807, 2.05) is 31.2 Å². The van der Waals surface area contributed by atoms with E-state index in [0.717, 1.165) is 42.6 Å². The number of nitrogens with zero attached hydrogens (tertiary/aromatic N) is 1. The van der Waals surface area contributed by atoms with Crippen molar-refractivity contribution in [2.45, 2.75) is 26.3 Å². The third-order valence-corrected chi connectivity index (χ3v) is 5.04. The number of piperidine rings is 1. The Kier molecular flexibility index (Phi) is 5.69. The number of rotatable bonds is 4. The van der Waals surface area contributed by atoms with Gasteiger partial charge in [-0.05, 0) is 56.1 Å². The maximum Gasteiger partial charge on any atom is 0.228 e. The van der Waals surface area contributed by atoms with E-state index < -0.39 is 0 Å². The number of hydrogen-bond donors (Lipinski definition) is 1. The van der Waals surface area contributed by atoms with Gasteiger partial charge in [-0.1, -0.05) is 45.8 Å². The number of amides is 1. The molecule has 2 aromatic carbocycles. The van der Waals surface area contributed by atoms with Crippen molar-refractivity contribution in [1.82, 2.24) is 4.90 Å². The van der Waals surface area contributed by atoms with Crippen LogP contribution in [0.4, 0.5) is 5.69 Å². The van der Waals surface area contributed by atoms with Crippen LogP contribution in [-0.4, -0.2) is 23.9 Å². The number of carbonyl (C=O) groups is 1. The molecule has 0 bridgehead atoms. The smallest absolute Gasteiger partial charge is 0.228 e. The Bertz CT molecular complexity index is 682. The van der Waals surface area contributed by atoms with Gasteiger partial charge in [0, 0.05) is 23.2 Å². The molecule has 0 spiro atoms. The Morgan fingerprint density at radius 1 is 1.17 bits per heavy atom. The van der Waals surface area contributed by atoms with Gasteiger partial charge < -0.3 is 5.32 Å². The molecule has 1 saturated heterocycles. The Hall–Kier alpha value is -1.65. The summed E-state index contributed by atoms with van der Waals surface area (Å²) in [5.74, 6) is 0.204. The molecular weight excluding hydrogens is 364 g/mol. The zero-order valence-electron chi connectivity index (χ0n) is 14.0. The highest BCUT2D eigenvalue weighted by Crippen LogP contribution is 2.21. The fraction of sp³-hybridized carbons (Fsp3) is 0.350. The van der Waals surface area contributed by atoms with Crippen LogP contribution in [0.25, 0.3) is 0 Å². The quantitative estimate of drug-likeness (QED) is 0.831. The lowest BCUT2D eigenvalue weighted by Crippen LogP contribution is -2.40. The summed E-state index contributed by atoms with van der Waals surface area (Å²) >= 11 is 3.47. The van der Waals surface area contributed by atoms with Crippen LogP contribution in [-0.2, 0) is 11.3 Å². The van der Waals surface area contributed by atoms with Gasteiger partial charge in [0.25, 0.3) is 0 Å². The summed E-state index contributed by atoms with van der Waals surface area (Å²) in [6, 6.07) is 16.4. The third-order valence-electron chi connectivity index (χ3n) is 4.51. The lowest BCUT2D eigenvalue weighted by Gasteiger charge is -2.32. The topological polar surface area (TPSA) is 32.3 Å². The van der Waals surface area contributed by atoms with Crippen LogP contribution in [0.5, 0.6) is 0 Å². The zero-order chi connectivity index (χ0) is 16.9. The first-order chi connectivity index (χ1) is 11.6. The van der Waals surface area contributed by atoms with Gasteiger partial charge in [-0.15, -0.1) is 0 Å². The highest BCUT2D eigenvalue weighted by molar-refractivity contribution is 9.10. The molecule has 1 unspecified atom stereocenters. The highest BCUT2D eigenvalue weighted by atomic mass is 79.9. The van der Waals surface area contributed by atoms with Gasteiger partial charge in [0.1, 0.15) is 0 Å². The number of aryl methyl sites for hydroxylation is 1. The molecule has 1 aliphatic heterocycles. The van der Waals surface area contributed by atoms with Crippen LogP contribution < -0.4 is 5.32 Å². The molecule has 126 valence electrons. The minimum atomic E-state index is 0.0653. The van der Waals surface area contributed by atoms with E-state index in [1.54, 1.807) is 0 Å². The van der Waals surface area contributed by atoms with Crippen molar-refractivity contribution in [2.24, 2.45) is 5.92 Å². The van der Waals surface area contributed by atoms with Gasteiger partial charge in [0.2, 0.25) is 5.91 Å².